The van der Waals surface area contributed by atoms with E-state index >= 15 is 0 Å². The molecule has 0 aliphatic heterocycles. The Morgan fingerprint density at radius 2 is 1.91 bits per heavy atom. The fraction of sp³-hybridized carbons (Fsp3) is 0.750. The summed E-state index contributed by atoms with van der Waals surface area (Å²) >= 11 is 0. The molecule has 0 radical (unpaired) electrons. The van der Waals surface area contributed by atoms with Gasteiger partial charge in [-0.25, -0.2) is 0 Å². The molecule has 1 unspecified atom stereocenters. The Morgan fingerprint density at radius 1 is 1.26 bits per heavy atom. The number of fused-ring (bicyclic) bond motifs is 3. The summed E-state index contributed by atoms with van der Waals surface area (Å²) in [7, 11) is 0. The maximum atomic E-state index is 12.9. The molecular formula is C20H30O3. The van der Waals surface area contributed by atoms with Crippen molar-refractivity contribution in [3.8, 4) is 0 Å². The Bertz CT molecular complexity index is 561. The Balaban J connectivity index is 2.07. The molecule has 2 N–H and O–H groups in total. The molecule has 128 valence electrons. The van der Waals surface area contributed by atoms with E-state index in [2.05, 4.69) is 20.4 Å². The van der Waals surface area contributed by atoms with Gasteiger partial charge < -0.3 is 10.2 Å². The van der Waals surface area contributed by atoms with Gasteiger partial charge in [-0.1, -0.05) is 40.3 Å². The van der Waals surface area contributed by atoms with Gasteiger partial charge in [0.25, 0.3) is 0 Å². The van der Waals surface area contributed by atoms with Crippen LogP contribution >= 0.6 is 0 Å². The highest BCUT2D eigenvalue weighted by Gasteiger charge is 2.62. The average Bonchev–Trinajstić information content (AvgIpc) is 2.47. The van der Waals surface area contributed by atoms with Crippen molar-refractivity contribution in [2.75, 3.05) is 0 Å². The van der Waals surface area contributed by atoms with Crippen molar-refractivity contribution >= 4 is 5.78 Å². The van der Waals surface area contributed by atoms with E-state index in [0.717, 1.165) is 18.4 Å². The molecule has 0 saturated heterocycles. The van der Waals surface area contributed by atoms with Crippen molar-refractivity contribution in [1.29, 1.82) is 0 Å². The van der Waals surface area contributed by atoms with Gasteiger partial charge in [-0.15, -0.1) is 0 Å². The summed E-state index contributed by atoms with van der Waals surface area (Å²) in [6.07, 6.45) is 4.66. The second kappa shape index (κ2) is 5.29. The van der Waals surface area contributed by atoms with Crippen LogP contribution in [0.3, 0.4) is 0 Å². The second-order valence-electron chi connectivity index (χ2n) is 8.85. The van der Waals surface area contributed by atoms with E-state index < -0.39 is 12.2 Å². The van der Waals surface area contributed by atoms with Crippen LogP contribution < -0.4 is 0 Å². The molecule has 0 spiro atoms. The van der Waals surface area contributed by atoms with Crippen molar-refractivity contribution < 1.29 is 15.0 Å². The minimum absolute atomic E-state index is 0.0543. The van der Waals surface area contributed by atoms with Crippen LogP contribution in [0.25, 0.3) is 0 Å². The molecule has 7 atom stereocenters. The lowest BCUT2D eigenvalue weighted by atomic mass is 9.42. The number of aliphatic hydroxyl groups excluding tert-OH is 2. The summed E-state index contributed by atoms with van der Waals surface area (Å²) in [4.78, 5) is 12.9. The van der Waals surface area contributed by atoms with Crippen LogP contribution in [0, 0.1) is 34.5 Å². The van der Waals surface area contributed by atoms with Gasteiger partial charge in [0.05, 0.1) is 12.2 Å². The van der Waals surface area contributed by atoms with E-state index in [9.17, 15) is 15.0 Å². The summed E-state index contributed by atoms with van der Waals surface area (Å²) in [5.74, 6) is 1.04. The highest BCUT2D eigenvalue weighted by molar-refractivity contribution is 5.95. The predicted molar refractivity (Wildman–Crippen MR) is 90.7 cm³/mol. The van der Waals surface area contributed by atoms with Gasteiger partial charge in [0.15, 0.2) is 5.78 Å². The van der Waals surface area contributed by atoms with Gasteiger partial charge in [0.2, 0.25) is 0 Å². The Hall–Kier alpha value is -0.930. The van der Waals surface area contributed by atoms with Gasteiger partial charge in [-0.2, -0.15) is 0 Å². The lowest BCUT2D eigenvalue weighted by molar-refractivity contribution is -0.200. The van der Waals surface area contributed by atoms with Crippen molar-refractivity contribution in [2.24, 2.45) is 34.5 Å². The van der Waals surface area contributed by atoms with Crippen molar-refractivity contribution in [3.63, 3.8) is 0 Å². The maximum absolute atomic E-state index is 12.9. The molecule has 0 aromatic rings. The van der Waals surface area contributed by atoms with E-state index in [4.69, 9.17) is 0 Å². The summed E-state index contributed by atoms with van der Waals surface area (Å²) in [5.41, 5.74) is 0.428. The maximum Gasteiger partial charge on any atom is 0.159 e. The summed E-state index contributed by atoms with van der Waals surface area (Å²) in [6.45, 7) is 12.3. The molecule has 3 aliphatic rings. The second-order valence-corrected chi connectivity index (χ2v) is 8.85. The number of hydrogen-bond acceptors (Lipinski definition) is 3. The number of rotatable bonds is 1. The van der Waals surface area contributed by atoms with Crippen LogP contribution in [0.2, 0.25) is 0 Å². The molecule has 23 heavy (non-hydrogen) atoms. The van der Waals surface area contributed by atoms with Crippen LogP contribution in [-0.4, -0.2) is 28.2 Å². The highest BCUT2D eigenvalue weighted by Crippen LogP contribution is 2.63. The summed E-state index contributed by atoms with van der Waals surface area (Å²) in [5, 5.41) is 21.0. The fourth-order valence-electron chi connectivity index (χ4n) is 6.27. The molecule has 0 aromatic carbocycles. The number of allylic oxidation sites excluding steroid dienone is 3. The molecule has 0 bridgehead atoms. The zero-order chi connectivity index (χ0) is 17.2. The normalized spacial score (nSPS) is 49.0. The lowest BCUT2D eigenvalue weighted by Crippen LogP contribution is -2.63. The number of ketones is 1. The van der Waals surface area contributed by atoms with Gasteiger partial charge in [0.1, 0.15) is 0 Å². The van der Waals surface area contributed by atoms with Gasteiger partial charge in [-0.3, -0.25) is 4.79 Å². The Labute approximate surface area is 139 Å². The highest BCUT2D eigenvalue weighted by atomic mass is 16.3. The third-order valence-electron chi connectivity index (χ3n) is 7.42. The van der Waals surface area contributed by atoms with E-state index in [0.29, 0.717) is 18.3 Å². The van der Waals surface area contributed by atoms with E-state index in [1.807, 2.05) is 19.9 Å². The molecule has 3 rings (SSSR count). The minimum Gasteiger partial charge on any atom is -0.390 e. The standard InChI is InChI=1S/C20H30O3/c1-6-12-9-14(21)17-13(11(12)2)7-8-16-19(3,4)18(23)15(22)10-20(16,17)5/h6,9,11,13,15-18,22-23H,1,7-8,10H2,2-5H3/t11?,13-,15-,16-,17+,18-,20-/m1/s1. The van der Waals surface area contributed by atoms with E-state index in [-0.39, 0.29) is 28.4 Å². The smallest absolute Gasteiger partial charge is 0.159 e. The summed E-state index contributed by atoms with van der Waals surface area (Å²) in [6, 6.07) is 0. The van der Waals surface area contributed by atoms with Gasteiger partial charge in [0, 0.05) is 5.92 Å². The quantitative estimate of drug-likeness (QED) is 0.781. The first-order chi connectivity index (χ1) is 10.6. The predicted octanol–water partition coefficient (Wildman–Crippen LogP) is 3.12. The topological polar surface area (TPSA) is 57.5 Å². The first-order valence-electron chi connectivity index (χ1n) is 8.88. The van der Waals surface area contributed by atoms with Gasteiger partial charge in [-0.05, 0) is 59.5 Å². The van der Waals surface area contributed by atoms with Crippen LogP contribution in [0.4, 0.5) is 0 Å². The van der Waals surface area contributed by atoms with E-state index in [1.165, 1.54) is 0 Å². The molecule has 0 aromatic heterocycles. The molecular weight excluding hydrogens is 288 g/mol. The Morgan fingerprint density at radius 3 is 2.52 bits per heavy atom. The molecule has 3 heteroatoms. The molecule has 3 aliphatic carbocycles. The van der Waals surface area contributed by atoms with E-state index in [1.54, 1.807) is 6.08 Å². The SMILES string of the molecule is C=CC1=CC(=O)[C@@H]2[C@H](CC[C@@H]3C(C)(C)[C@H](O)[C@H](O)C[C@@]23C)C1C. The number of hydrogen-bond donors (Lipinski definition) is 2. The van der Waals surface area contributed by atoms with Crippen molar-refractivity contribution in [3.05, 3.63) is 24.3 Å². The van der Waals surface area contributed by atoms with Crippen LogP contribution in [0.1, 0.15) is 47.0 Å². The third-order valence-corrected chi connectivity index (χ3v) is 7.42. The number of carbonyl (C=O) groups is 1. The number of aliphatic hydroxyl groups is 2. The molecule has 3 nitrogen and oxygen atoms in total. The average molecular weight is 318 g/mol. The van der Waals surface area contributed by atoms with Crippen molar-refractivity contribution in [1.82, 2.24) is 0 Å². The van der Waals surface area contributed by atoms with Crippen LogP contribution in [-0.2, 0) is 4.79 Å². The zero-order valence-corrected chi connectivity index (χ0v) is 14.7. The number of carbonyl (C=O) groups excluding carboxylic acids is 1. The third kappa shape index (κ3) is 2.20. The van der Waals surface area contributed by atoms with Crippen LogP contribution in [0.5, 0.6) is 0 Å². The molecule has 2 saturated carbocycles. The summed E-state index contributed by atoms with van der Waals surface area (Å²) < 4.78 is 0. The fourth-order valence-corrected chi connectivity index (χ4v) is 6.27. The van der Waals surface area contributed by atoms with Crippen LogP contribution in [0.15, 0.2) is 24.3 Å². The zero-order valence-electron chi connectivity index (χ0n) is 14.7. The molecule has 2 fully saturated rings. The van der Waals surface area contributed by atoms with Gasteiger partial charge >= 0.3 is 0 Å². The largest absolute Gasteiger partial charge is 0.390 e. The first-order valence-corrected chi connectivity index (χ1v) is 8.88. The van der Waals surface area contributed by atoms with Crippen molar-refractivity contribution in [2.45, 2.75) is 59.2 Å². The monoisotopic (exact) mass is 318 g/mol. The lowest BCUT2D eigenvalue weighted by Gasteiger charge is -2.62. The minimum atomic E-state index is -0.752. The molecule has 0 heterocycles. The Kier molecular flexibility index (Phi) is 3.89. The molecule has 0 amide bonds. The first kappa shape index (κ1) is 16.9.